The maximum Gasteiger partial charge on any atom is 0.0683 e. The van der Waals surface area contributed by atoms with Crippen molar-refractivity contribution in [2.75, 3.05) is 33.0 Å². The van der Waals surface area contributed by atoms with Gasteiger partial charge in [-0.05, 0) is 50.9 Å². The zero-order valence-corrected chi connectivity index (χ0v) is 20.0. The van der Waals surface area contributed by atoms with Crippen LogP contribution in [-0.4, -0.2) is 38.6 Å². The van der Waals surface area contributed by atoms with Gasteiger partial charge in [-0.1, -0.05) is 73.1 Å². The average molecular weight is 401 g/mol. The summed E-state index contributed by atoms with van der Waals surface area (Å²) >= 11 is 0. The Balaban J connectivity index is 4.24. The summed E-state index contributed by atoms with van der Waals surface area (Å²) in [6, 6.07) is 0. The monoisotopic (exact) mass is 400 g/mol. The van der Waals surface area contributed by atoms with Crippen molar-refractivity contribution in [3.8, 4) is 0 Å². The largest absolute Gasteiger partial charge is 0.381 e. The third-order valence-corrected chi connectivity index (χ3v) is 5.30. The van der Waals surface area contributed by atoms with Gasteiger partial charge in [-0.15, -0.1) is 0 Å². The lowest BCUT2D eigenvalue weighted by Gasteiger charge is -2.34. The van der Waals surface area contributed by atoms with Gasteiger partial charge in [0.2, 0.25) is 0 Å². The highest BCUT2D eigenvalue weighted by molar-refractivity contribution is 4.81. The molecule has 0 aliphatic rings. The van der Waals surface area contributed by atoms with Crippen LogP contribution in [-0.2, 0) is 14.2 Å². The predicted molar refractivity (Wildman–Crippen MR) is 122 cm³/mol. The number of hydrogen-bond acceptors (Lipinski definition) is 3. The van der Waals surface area contributed by atoms with Crippen molar-refractivity contribution in [1.82, 2.24) is 0 Å². The molecule has 0 spiro atoms. The highest BCUT2D eigenvalue weighted by Gasteiger charge is 2.29. The summed E-state index contributed by atoms with van der Waals surface area (Å²) in [5.41, 5.74) is 0.0722. The molecular formula is C25H52O3. The second kappa shape index (κ2) is 20.2. The van der Waals surface area contributed by atoms with Gasteiger partial charge in [0.1, 0.15) is 0 Å². The minimum atomic E-state index is 0.0722. The first-order chi connectivity index (χ1) is 13.6. The fraction of sp³-hybridized carbons (Fsp3) is 1.00. The number of rotatable bonds is 22. The van der Waals surface area contributed by atoms with Crippen molar-refractivity contribution in [1.29, 1.82) is 0 Å². The van der Waals surface area contributed by atoms with E-state index < -0.39 is 0 Å². The molecule has 0 aromatic carbocycles. The predicted octanol–water partition coefficient (Wildman–Crippen LogP) is 7.56. The van der Waals surface area contributed by atoms with E-state index in [1.54, 1.807) is 0 Å². The Hall–Kier alpha value is -0.120. The fourth-order valence-electron chi connectivity index (χ4n) is 3.65. The van der Waals surface area contributed by atoms with Gasteiger partial charge in [0, 0.05) is 33.0 Å². The summed E-state index contributed by atoms with van der Waals surface area (Å²) < 4.78 is 18.0. The molecule has 3 nitrogen and oxygen atoms in total. The molecule has 0 fully saturated rings. The van der Waals surface area contributed by atoms with E-state index in [1.165, 1.54) is 70.6 Å². The highest BCUT2D eigenvalue weighted by atomic mass is 16.5. The summed E-state index contributed by atoms with van der Waals surface area (Å²) in [4.78, 5) is 0. The Morgan fingerprint density at radius 1 is 0.571 bits per heavy atom. The van der Waals surface area contributed by atoms with Gasteiger partial charge < -0.3 is 14.2 Å². The quantitative estimate of drug-likeness (QED) is 0.175. The Kier molecular flexibility index (Phi) is 20.1. The molecule has 0 radical (unpaired) electrons. The standard InChI is InChI=1S/C25H52O3/c1-6-9-19-26-20-14-12-11-13-17-25(16-8-3,28-22-10-7-2)18-15-21-27-23-24(4)5/h24H,6-23H2,1-5H3. The van der Waals surface area contributed by atoms with Gasteiger partial charge in [-0.3, -0.25) is 0 Å². The van der Waals surface area contributed by atoms with E-state index in [0.717, 1.165) is 45.9 Å². The van der Waals surface area contributed by atoms with Crippen molar-refractivity contribution in [2.24, 2.45) is 5.92 Å². The van der Waals surface area contributed by atoms with Crippen molar-refractivity contribution in [2.45, 2.75) is 124 Å². The Bertz CT molecular complexity index is 306. The second-order valence-electron chi connectivity index (χ2n) is 8.84. The Morgan fingerprint density at radius 3 is 1.86 bits per heavy atom. The molecule has 0 heterocycles. The van der Waals surface area contributed by atoms with Crippen LogP contribution < -0.4 is 0 Å². The lowest BCUT2D eigenvalue weighted by molar-refractivity contribution is -0.0713. The van der Waals surface area contributed by atoms with E-state index >= 15 is 0 Å². The molecule has 0 aromatic rings. The molecule has 28 heavy (non-hydrogen) atoms. The third kappa shape index (κ3) is 16.8. The molecule has 170 valence electrons. The normalized spacial score (nSPS) is 13.9. The first-order valence-electron chi connectivity index (χ1n) is 12.4. The van der Waals surface area contributed by atoms with Gasteiger partial charge >= 0.3 is 0 Å². The van der Waals surface area contributed by atoms with Crippen LogP contribution in [0.5, 0.6) is 0 Å². The molecule has 3 heteroatoms. The van der Waals surface area contributed by atoms with Gasteiger partial charge in [-0.2, -0.15) is 0 Å². The molecule has 0 amide bonds. The van der Waals surface area contributed by atoms with Crippen LogP contribution in [0.15, 0.2) is 0 Å². The minimum Gasteiger partial charge on any atom is -0.381 e. The maximum atomic E-state index is 6.53. The van der Waals surface area contributed by atoms with Gasteiger partial charge in [0.15, 0.2) is 0 Å². The summed E-state index contributed by atoms with van der Waals surface area (Å²) in [5, 5.41) is 0. The van der Waals surface area contributed by atoms with Crippen molar-refractivity contribution < 1.29 is 14.2 Å². The number of unbranched alkanes of at least 4 members (excludes halogenated alkanes) is 5. The lowest BCUT2D eigenvalue weighted by Crippen LogP contribution is -2.33. The molecule has 1 unspecified atom stereocenters. The molecule has 0 aromatic heterocycles. The van der Waals surface area contributed by atoms with E-state index in [2.05, 4.69) is 34.6 Å². The van der Waals surface area contributed by atoms with Crippen LogP contribution in [0.3, 0.4) is 0 Å². The molecule has 0 saturated carbocycles. The summed E-state index contributed by atoms with van der Waals surface area (Å²) in [7, 11) is 0. The first-order valence-corrected chi connectivity index (χ1v) is 12.4. The topological polar surface area (TPSA) is 27.7 Å². The maximum absolute atomic E-state index is 6.53. The van der Waals surface area contributed by atoms with Crippen molar-refractivity contribution in [3.05, 3.63) is 0 Å². The van der Waals surface area contributed by atoms with E-state index in [1.807, 2.05) is 0 Å². The van der Waals surface area contributed by atoms with Crippen LogP contribution in [0, 0.1) is 5.92 Å². The average Bonchev–Trinajstić information content (AvgIpc) is 2.66. The van der Waals surface area contributed by atoms with Crippen LogP contribution >= 0.6 is 0 Å². The highest BCUT2D eigenvalue weighted by Crippen LogP contribution is 2.31. The lowest BCUT2D eigenvalue weighted by atomic mass is 9.86. The molecular weight excluding hydrogens is 348 g/mol. The first kappa shape index (κ1) is 27.9. The van der Waals surface area contributed by atoms with Gasteiger partial charge in [0.25, 0.3) is 0 Å². The van der Waals surface area contributed by atoms with E-state index in [4.69, 9.17) is 14.2 Å². The van der Waals surface area contributed by atoms with Gasteiger partial charge in [-0.25, -0.2) is 0 Å². The smallest absolute Gasteiger partial charge is 0.0683 e. The molecule has 0 N–H and O–H groups in total. The van der Waals surface area contributed by atoms with Gasteiger partial charge in [0.05, 0.1) is 5.60 Å². The summed E-state index contributed by atoms with van der Waals surface area (Å²) in [6.07, 6.45) is 15.7. The van der Waals surface area contributed by atoms with Crippen LogP contribution in [0.25, 0.3) is 0 Å². The van der Waals surface area contributed by atoms with E-state index in [-0.39, 0.29) is 5.60 Å². The summed E-state index contributed by atoms with van der Waals surface area (Å²) in [5.74, 6) is 0.618. The molecule has 0 rings (SSSR count). The Morgan fingerprint density at radius 2 is 1.18 bits per heavy atom. The second-order valence-corrected chi connectivity index (χ2v) is 8.84. The zero-order valence-electron chi connectivity index (χ0n) is 20.0. The summed E-state index contributed by atoms with van der Waals surface area (Å²) in [6.45, 7) is 15.7. The van der Waals surface area contributed by atoms with Crippen molar-refractivity contribution >= 4 is 0 Å². The minimum absolute atomic E-state index is 0.0722. The van der Waals surface area contributed by atoms with Crippen LogP contribution in [0.4, 0.5) is 0 Å². The molecule has 0 aliphatic carbocycles. The zero-order chi connectivity index (χ0) is 20.9. The van der Waals surface area contributed by atoms with Crippen LogP contribution in [0.2, 0.25) is 0 Å². The molecule has 1 atom stereocenters. The van der Waals surface area contributed by atoms with E-state index in [9.17, 15) is 0 Å². The van der Waals surface area contributed by atoms with E-state index in [0.29, 0.717) is 5.92 Å². The number of ether oxygens (including phenoxy) is 3. The molecule has 0 aliphatic heterocycles. The number of hydrogen-bond donors (Lipinski definition) is 0. The molecule has 0 bridgehead atoms. The van der Waals surface area contributed by atoms with Crippen molar-refractivity contribution in [3.63, 3.8) is 0 Å². The molecule has 0 saturated heterocycles. The fourth-order valence-corrected chi connectivity index (χ4v) is 3.65. The third-order valence-electron chi connectivity index (χ3n) is 5.30. The van der Waals surface area contributed by atoms with Crippen LogP contribution in [0.1, 0.15) is 118 Å². The Labute approximate surface area is 177 Å². The SMILES string of the molecule is CCCCOCCCCCCC(CCC)(CCCOCC(C)C)OCCCC.